The highest BCUT2D eigenvalue weighted by Gasteiger charge is 2.23. The minimum Gasteiger partial charge on any atom is -0.362 e. The molecule has 52 heavy (non-hydrogen) atoms. The summed E-state index contributed by atoms with van der Waals surface area (Å²) in [5.41, 5.74) is 12.3. The van der Waals surface area contributed by atoms with Gasteiger partial charge in [-0.1, -0.05) is 25.3 Å². The molecule has 2 aliphatic heterocycles. The number of hydrogen-bond donors (Lipinski definition) is 4. The summed E-state index contributed by atoms with van der Waals surface area (Å²) in [5.74, 6) is 0.813. The molecule has 0 aliphatic carbocycles. The van der Waals surface area contributed by atoms with Crippen molar-refractivity contribution >= 4 is 56.9 Å². The van der Waals surface area contributed by atoms with Gasteiger partial charge in [-0.05, 0) is 102 Å². The average Bonchev–Trinajstić information content (AvgIpc) is 3.79. The van der Waals surface area contributed by atoms with Gasteiger partial charge in [0.25, 0.3) is 0 Å². The maximum atomic E-state index is 13.3. The van der Waals surface area contributed by atoms with Gasteiger partial charge in [0.2, 0.25) is 11.8 Å². The van der Waals surface area contributed by atoms with Crippen molar-refractivity contribution < 1.29 is 9.59 Å². The van der Waals surface area contributed by atoms with Crippen LogP contribution in [0.2, 0.25) is 0 Å². The van der Waals surface area contributed by atoms with E-state index in [2.05, 4.69) is 77.6 Å². The Labute approximate surface area is 307 Å². The molecular formula is C41H55N9O2. The Bertz CT molecular complexity index is 2050. The first-order chi connectivity index (χ1) is 24.8. The molecule has 5 heterocycles. The van der Waals surface area contributed by atoms with Crippen LogP contribution in [0.25, 0.3) is 39.3 Å². The summed E-state index contributed by atoms with van der Waals surface area (Å²) in [4.78, 5) is 49.5. The molecule has 0 fully saturated rings. The normalized spacial score (nSPS) is 14.2. The van der Waals surface area contributed by atoms with Crippen LogP contribution in [0.15, 0.2) is 43.5 Å². The molecular weight excluding hydrogens is 651 g/mol. The molecule has 0 radical (unpaired) electrons. The molecule has 276 valence electrons. The number of aryl methyl sites for hydroxylation is 3. The smallest absolute Gasteiger partial charge is 0.222 e. The highest BCUT2D eigenvalue weighted by molar-refractivity contribution is 5.97. The van der Waals surface area contributed by atoms with Gasteiger partial charge in [0.05, 0.1) is 23.1 Å². The van der Waals surface area contributed by atoms with Crippen LogP contribution < -0.4 is 10.6 Å². The standard InChI is InChI=1S/C41H55N9O2/c1-11-28-25(3)32-21-36-29(12-2)26(4)34(45-36)24-39-46-31(14-15-40(51)42-17-18-48(6)7)38(47-39)23-37-30(27(5)33(44-37)22-35(28)43-32)13-16-41(52)50(10)20-19-49(8)9/h11-12,21-24,31,44-45H,1-2,13-20H2,3-10H3,(H,42,51)(H,46,47). The predicted molar refractivity (Wildman–Crippen MR) is 215 cm³/mol. The molecule has 1 atom stereocenters. The fraction of sp³-hybridized carbons (Fsp3) is 0.415. The van der Waals surface area contributed by atoms with Crippen LogP contribution in [-0.2, 0) is 16.0 Å². The molecule has 1 unspecified atom stereocenters. The first-order valence-electron chi connectivity index (χ1n) is 18.1. The van der Waals surface area contributed by atoms with E-state index in [0.717, 1.165) is 85.6 Å². The number of H-pyrrole nitrogens is 2. The summed E-state index contributed by atoms with van der Waals surface area (Å²) in [6, 6.07) is 8.04. The predicted octanol–water partition coefficient (Wildman–Crippen LogP) is 6.26. The molecule has 0 spiro atoms. The van der Waals surface area contributed by atoms with Crippen molar-refractivity contribution in [1.29, 1.82) is 0 Å². The van der Waals surface area contributed by atoms with E-state index in [-0.39, 0.29) is 17.9 Å². The number of hydrogen-bond acceptors (Lipinski definition) is 7. The number of nitrogens with one attached hydrogen (secondary N) is 4. The van der Waals surface area contributed by atoms with Crippen LogP contribution in [0, 0.1) is 13.8 Å². The van der Waals surface area contributed by atoms with Crippen molar-refractivity contribution in [2.45, 2.75) is 52.5 Å². The quantitative estimate of drug-likeness (QED) is 0.156. The zero-order valence-corrected chi connectivity index (χ0v) is 32.2. The number of fused-ring (bicyclic) bond motifs is 8. The van der Waals surface area contributed by atoms with E-state index < -0.39 is 0 Å². The van der Waals surface area contributed by atoms with Crippen LogP contribution in [0.1, 0.15) is 71.6 Å². The van der Waals surface area contributed by atoms with E-state index in [1.54, 1.807) is 4.90 Å². The van der Waals surface area contributed by atoms with Crippen molar-refractivity contribution in [3.8, 4) is 0 Å². The highest BCUT2D eigenvalue weighted by atomic mass is 16.2. The Morgan fingerprint density at radius 2 is 1.50 bits per heavy atom. The van der Waals surface area contributed by atoms with Gasteiger partial charge in [-0.15, -0.1) is 0 Å². The van der Waals surface area contributed by atoms with E-state index in [1.165, 1.54) is 0 Å². The summed E-state index contributed by atoms with van der Waals surface area (Å²) in [5, 5.41) is 6.63. The third-order valence-corrected chi connectivity index (χ3v) is 10.0. The summed E-state index contributed by atoms with van der Waals surface area (Å²) in [7, 11) is 9.86. The van der Waals surface area contributed by atoms with E-state index in [4.69, 9.17) is 9.97 Å². The number of carbonyl (C=O) groups is 2. The highest BCUT2D eigenvalue weighted by Crippen LogP contribution is 2.34. The second kappa shape index (κ2) is 16.6. The number of anilines is 1. The van der Waals surface area contributed by atoms with Crippen molar-refractivity contribution in [3.63, 3.8) is 0 Å². The lowest BCUT2D eigenvalue weighted by Gasteiger charge is -2.19. The van der Waals surface area contributed by atoms with Crippen LogP contribution in [0.3, 0.4) is 0 Å². The van der Waals surface area contributed by atoms with Gasteiger partial charge in [0, 0.05) is 85.3 Å². The van der Waals surface area contributed by atoms with Crippen LogP contribution >= 0.6 is 0 Å². The van der Waals surface area contributed by atoms with Crippen LogP contribution in [0.4, 0.5) is 5.82 Å². The van der Waals surface area contributed by atoms with Crippen molar-refractivity contribution in [1.82, 2.24) is 40.0 Å². The Hall–Kier alpha value is -5.00. The number of rotatable bonds is 14. The number of nitrogens with zero attached hydrogens (tertiary/aromatic N) is 5. The Morgan fingerprint density at radius 1 is 0.808 bits per heavy atom. The van der Waals surface area contributed by atoms with Gasteiger partial charge in [0.1, 0.15) is 5.82 Å². The van der Waals surface area contributed by atoms with Crippen molar-refractivity contribution in [2.24, 2.45) is 0 Å². The Kier molecular flexibility index (Phi) is 12.2. The molecule has 2 amide bonds. The van der Waals surface area contributed by atoms with Crippen molar-refractivity contribution in [3.05, 3.63) is 82.8 Å². The number of aromatic amines is 2. The van der Waals surface area contributed by atoms with E-state index in [9.17, 15) is 9.59 Å². The first kappa shape index (κ1) is 38.2. The molecule has 0 saturated heterocycles. The van der Waals surface area contributed by atoms with Gasteiger partial charge in [0.15, 0.2) is 0 Å². The minimum atomic E-state index is -0.196. The molecule has 8 bridgehead atoms. The van der Waals surface area contributed by atoms with Crippen LogP contribution in [0.5, 0.6) is 0 Å². The maximum absolute atomic E-state index is 13.3. The molecule has 3 aromatic heterocycles. The fourth-order valence-corrected chi connectivity index (χ4v) is 6.72. The maximum Gasteiger partial charge on any atom is 0.222 e. The lowest BCUT2D eigenvalue weighted by Crippen LogP contribution is -2.33. The second-order valence-electron chi connectivity index (χ2n) is 14.4. The molecule has 11 heteroatoms. The van der Waals surface area contributed by atoms with Crippen molar-refractivity contribution in [2.75, 3.05) is 66.7 Å². The monoisotopic (exact) mass is 705 g/mol. The SMILES string of the molecule is C=CC1=C(C)c2cc3[nH]c(cc4nc(cc5[nH]c(cc1n2)c(C)c5CCC(=O)N(C)CCN(C)C)C(CCC(=O)NCCN(C)C)N4)c(C)c3C=C. The van der Waals surface area contributed by atoms with Gasteiger partial charge in [-0.3, -0.25) is 9.59 Å². The summed E-state index contributed by atoms with van der Waals surface area (Å²) < 4.78 is 0. The lowest BCUT2D eigenvalue weighted by molar-refractivity contribution is -0.130. The third kappa shape index (κ3) is 8.71. The van der Waals surface area contributed by atoms with Gasteiger partial charge in [-0.25, -0.2) is 9.97 Å². The number of amides is 2. The topological polar surface area (TPSA) is 125 Å². The van der Waals surface area contributed by atoms with Gasteiger partial charge >= 0.3 is 0 Å². The molecule has 4 N–H and O–H groups in total. The molecule has 11 nitrogen and oxygen atoms in total. The molecule has 3 aromatic rings. The molecule has 0 saturated carbocycles. The lowest BCUT2D eigenvalue weighted by atomic mass is 10.0. The van der Waals surface area contributed by atoms with E-state index in [0.29, 0.717) is 44.6 Å². The number of allylic oxidation sites excluding steroid dienone is 3. The zero-order valence-electron chi connectivity index (χ0n) is 32.2. The fourth-order valence-electron chi connectivity index (χ4n) is 6.72. The Morgan fingerprint density at radius 3 is 2.19 bits per heavy atom. The summed E-state index contributed by atoms with van der Waals surface area (Å²) >= 11 is 0. The molecule has 2 aliphatic rings. The first-order valence-corrected chi connectivity index (χ1v) is 18.1. The minimum absolute atomic E-state index is 0.00901. The average molecular weight is 706 g/mol. The summed E-state index contributed by atoms with van der Waals surface area (Å²) in [6.45, 7) is 17.3. The zero-order chi connectivity index (χ0) is 37.7. The number of aromatic nitrogens is 4. The largest absolute Gasteiger partial charge is 0.362 e. The summed E-state index contributed by atoms with van der Waals surface area (Å²) in [6.07, 6.45) is 5.58. The van der Waals surface area contributed by atoms with Gasteiger partial charge < -0.3 is 35.3 Å². The number of likely N-dealkylation sites (N-methyl/N-ethyl adjacent to an activating group) is 3. The van der Waals surface area contributed by atoms with Gasteiger partial charge in [-0.2, -0.15) is 0 Å². The third-order valence-electron chi connectivity index (χ3n) is 10.0. The van der Waals surface area contributed by atoms with E-state index in [1.807, 2.05) is 58.4 Å². The van der Waals surface area contributed by atoms with Crippen LogP contribution in [-0.4, -0.2) is 108 Å². The van der Waals surface area contributed by atoms with E-state index >= 15 is 0 Å². The molecule has 5 rings (SSSR count). The molecule has 0 aromatic carbocycles. The Balaban J connectivity index is 1.67. The number of carbonyl (C=O) groups excluding carboxylic acids is 2. The second-order valence-corrected chi connectivity index (χ2v) is 14.4.